The molecule has 0 amide bonds. The predicted molar refractivity (Wildman–Crippen MR) is 82.1 cm³/mol. The molecule has 2 aromatic heterocycles. The first-order valence-corrected chi connectivity index (χ1v) is 8.12. The van der Waals surface area contributed by atoms with Crippen LogP contribution in [0.1, 0.15) is 45.1 Å². The predicted octanol–water partition coefficient (Wildman–Crippen LogP) is 2.82. The molecule has 21 heavy (non-hydrogen) atoms. The van der Waals surface area contributed by atoms with Crippen molar-refractivity contribution < 1.29 is 4.74 Å². The fraction of sp³-hybridized carbons (Fsp3) is 0.625. The van der Waals surface area contributed by atoms with Crippen molar-refractivity contribution in [1.82, 2.24) is 14.6 Å². The zero-order chi connectivity index (χ0) is 14.4. The van der Waals surface area contributed by atoms with Gasteiger partial charge in [0, 0.05) is 12.1 Å². The molecule has 2 atom stereocenters. The third kappa shape index (κ3) is 1.90. The number of aromatic nitrogens is 3. The molecule has 0 bridgehead atoms. The molecule has 5 heteroatoms. The van der Waals surface area contributed by atoms with Gasteiger partial charge in [-0.1, -0.05) is 13.3 Å². The topological polar surface area (TPSA) is 42.7 Å². The Hall–Kier alpha value is -1.78. The fourth-order valence-electron chi connectivity index (χ4n) is 3.75. The zero-order valence-electron chi connectivity index (χ0n) is 12.7. The van der Waals surface area contributed by atoms with Crippen LogP contribution in [0.3, 0.4) is 0 Å². The molecule has 4 rings (SSSR count). The second-order valence-corrected chi connectivity index (χ2v) is 6.01. The Morgan fingerprint density at radius 3 is 2.95 bits per heavy atom. The highest BCUT2D eigenvalue weighted by atomic mass is 16.5. The van der Waals surface area contributed by atoms with Gasteiger partial charge in [0.2, 0.25) is 0 Å². The highest BCUT2D eigenvalue weighted by molar-refractivity contribution is 5.61. The van der Waals surface area contributed by atoms with Crippen molar-refractivity contribution in [1.29, 1.82) is 0 Å². The maximum absolute atomic E-state index is 6.25. The summed E-state index contributed by atoms with van der Waals surface area (Å²) in [5.74, 6) is 1.89. The minimum atomic E-state index is 0.312. The van der Waals surface area contributed by atoms with E-state index in [0.717, 1.165) is 36.6 Å². The summed E-state index contributed by atoms with van der Waals surface area (Å²) in [6, 6.07) is 0.485. The lowest BCUT2D eigenvalue weighted by Crippen LogP contribution is -2.51. The summed E-state index contributed by atoms with van der Waals surface area (Å²) in [4.78, 5) is 7.33. The SMILES string of the molecule is CCc1cnn2cc3c(nc12)N(CC)[C@@H]1CCCC[C@H]1O3. The van der Waals surface area contributed by atoms with E-state index in [1.165, 1.54) is 24.8 Å². The van der Waals surface area contributed by atoms with Crippen LogP contribution >= 0.6 is 0 Å². The number of ether oxygens (including phenoxy) is 1. The number of anilines is 1. The van der Waals surface area contributed by atoms with Crippen molar-refractivity contribution in [3.63, 3.8) is 0 Å². The minimum Gasteiger partial charge on any atom is -0.483 e. The molecule has 0 unspecified atom stereocenters. The van der Waals surface area contributed by atoms with Gasteiger partial charge in [0.1, 0.15) is 6.10 Å². The van der Waals surface area contributed by atoms with E-state index in [0.29, 0.717) is 12.1 Å². The van der Waals surface area contributed by atoms with Gasteiger partial charge in [-0.2, -0.15) is 5.10 Å². The Kier molecular flexibility index (Phi) is 3.01. The second-order valence-electron chi connectivity index (χ2n) is 6.01. The van der Waals surface area contributed by atoms with Gasteiger partial charge in [-0.25, -0.2) is 9.50 Å². The molecule has 1 aliphatic heterocycles. The first-order chi connectivity index (χ1) is 10.3. The molecular formula is C16H22N4O. The van der Waals surface area contributed by atoms with Crippen molar-refractivity contribution in [2.45, 2.75) is 58.1 Å². The Labute approximate surface area is 124 Å². The van der Waals surface area contributed by atoms with Crippen LogP contribution < -0.4 is 9.64 Å². The Bertz CT molecular complexity index is 666. The van der Waals surface area contributed by atoms with Gasteiger partial charge in [0.05, 0.1) is 18.4 Å². The maximum atomic E-state index is 6.25. The minimum absolute atomic E-state index is 0.312. The lowest BCUT2D eigenvalue weighted by atomic mass is 9.90. The van der Waals surface area contributed by atoms with Crippen LogP contribution in [0, 0.1) is 0 Å². The fourth-order valence-corrected chi connectivity index (χ4v) is 3.75. The van der Waals surface area contributed by atoms with E-state index in [4.69, 9.17) is 9.72 Å². The van der Waals surface area contributed by atoms with Gasteiger partial charge in [-0.05, 0) is 32.6 Å². The summed E-state index contributed by atoms with van der Waals surface area (Å²) in [7, 11) is 0. The Balaban J connectivity index is 1.85. The maximum Gasteiger partial charge on any atom is 0.180 e. The number of aryl methyl sites for hydroxylation is 1. The molecule has 112 valence electrons. The lowest BCUT2D eigenvalue weighted by Gasteiger charge is -2.44. The molecule has 0 radical (unpaired) electrons. The molecule has 3 heterocycles. The summed E-state index contributed by atoms with van der Waals surface area (Å²) in [5.41, 5.74) is 2.16. The molecule has 1 aliphatic carbocycles. The van der Waals surface area contributed by atoms with Gasteiger partial charge in [0.15, 0.2) is 17.2 Å². The van der Waals surface area contributed by atoms with Crippen LogP contribution in [0.2, 0.25) is 0 Å². The van der Waals surface area contributed by atoms with Crippen molar-refractivity contribution in [3.05, 3.63) is 18.0 Å². The van der Waals surface area contributed by atoms with E-state index >= 15 is 0 Å². The van der Waals surface area contributed by atoms with Crippen LogP contribution in [0.15, 0.2) is 12.4 Å². The van der Waals surface area contributed by atoms with Gasteiger partial charge in [-0.3, -0.25) is 0 Å². The van der Waals surface area contributed by atoms with Gasteiger partial charge in [0.25, 0.3) is 0 Å². The van der Waals surface area contributed by atoms with Crippen LogP contribution in [0.25, 0.3) is 5.65 Å². The molecule has 0 N–H and O–H groups in total. The second kappa shape index (κ2) is 4.90. The molecule has 1 fully saturated rings. The number of hydrogen-bond donors (Lipinski definition) is 0. The molecule has 0 aromatic carbocycles. The average molecular weight is 286 g/mol. The standard InChI is InChI=1S/C16H22N4O/c1-3-11-9-17-20-10-14-16(18-15(11)20)19(4-2)12-7-5-6-8-13(12)21-14/h9-10,12-13H,3-8H2,1-2H3/t12-,13-/m1/s1. The largest absolute Gasteiger partial charge is 0.483 e. The van der Waals surface area contributed by atoms with Crippen molar-refractivity contribution >= 4 is 11.5 Å². The van der Waals surface area contributed by atoms with Crippen LogP contribution in [-0.4, -0.2) is 33.3 Å². The smallest absolute Gasteiger partial charge is 0.180 e. The monoisotopic (exact) mass is 286 g/mol. The average Bonchev–Trinajstić information content (AvgIpc) is 2.92. The van der Waals surface area contributed by atoms with E-state index < -0.39 is 0 Å². The van der Waals surface area contributed by atoms with E-state index in [1.54, 1.807) is 0 Å². The van der Waals surface area contributed by atoms with Gasteiger partial charge >= 0.3 is 0 Å². The van der Waals surface area contributed by atoms with Crippen molar-refractivity contribution in [2.24, 2.45) is 0 Å². The Morgan fingerprint density at radius 2 is 2.14 bits per heavy atom. The highest BCUT2D eigenvalue weighted by Crippen LogP contribution is 2.39. The van der Waals surface area contributed by atoms with Crippen molar-refractivity contribution in [3.8, 4) is 5.75 Å². The van der Waals surface area contributed by atoms with Gasteiger partial charge in [-0.15, -0.1) is 0 Å². The molecule has 2 aliphatic rings. The van der Waals surface area contributed by atoms with Crippen LogP contribution in [-0.2, 0) is 6.42 Å². The molecule has 2 aromatic rings. The third-order valence-electron chi connectivity index (χ3n) is 4.85. The summed E-state index contributed by atoms with van der Waals surface area (Å²) in [6.07, 6.45) is 10.1. The molecule has 0 spiro atoms. The van der Waals surface area contributed by atoms with E-state index in [9.17, 15) is 0 Å². The third-order valence-corrected chi connectivity index (χ3v) is 4.85. The number of hydrogen-bond acceptors (Lipinski definition) is 4. The molecule has 5 nitrogen and oxygen atoms in total. The normalized spacial score (nSPS) is 24.6. The number of likely N-dealkylation sites (N-methyl/N-ethyl adjacent to an activating group) is 1. The van der Waals surface area contributed by atoms with Gasteiger partial charge < -0.3 is 9.64 Å². The highest BCUT2D eigenvalue weighted by Gasteiger charge is 2.38. The number of rotatable bonds is 2. The number of nitrogens with zero attached hydrogens (tertiary/aromatic N) is 4. The summed E-state index contributed by atoms with van der Waals surface area (Å²) < 4.78 is 8.11. The molecule has 1 saturated carbocycles. The van der Waals surface area contributed by atoms with E-state index in [2.05, 4.69) is 23.8 Å². The Morgan fingerprint density at radius 1 is 1.29 bits per heavy atom. The zero-order valence-corrected chi connectivity index (χ0v) is 12.7. The quantitative estimate of drug-likeness (QED) is 0.851. The molecular weight excluding hydrogens is 264 g/mol. The van der Waals surface area contributed by atoms with Crippen LogP contribution in [0.5, 0.6) is 5.75 Å². The summed E-state index contributed by atoms with van der Waals surface area (Å²) in [6.45, 7) is 5.34. The summed E-state index contributed by atoms with van der Waals surface area (Å²) in [5, 5.41) is 4.41. The van der Waals surface area contributed by atoms with E-state index in [1.807, 2.05) is 16.9 Å². The molecule has 0 saturated heterocycles. The first-order valence-electron chi connectivity index (χ1n) is 8.12. The number of fused-ring (bicyclic) bond motifs is 3. The first kappa shape index (κ1) is 12.9. The van der Waals surface area contributed by atoms with Crippen LogP contribution in [0.4, 0.5) is 5.82 Å². The summed E-state index contributed by atoms with van der Waals surface area (Å²) >= 11 is 0. The van der Waals surface area contributed by atoms with Crippen molar-refractivity contribution in [2.75, 3.05) is 11.4 Å². The van der Waals surface area contributed by atoms with E-state index in [-0.39, 0.29) is 0 Å². The lowest BCUT2D eigenvalue weighted by molar-refractivity contribution is 0.112.